The van der Waals surface area contributed by atoms with E-state index in [-0.39, 0.29) is 11.7 Å². The number of nitrogens with one attached hydrogen (secondary N) is 2. The first-order valence-electron chi connectivity index (χ1n) is 9.88. The molecule has 2 N–H and O–H groups in total. The highest BCUT2D eigenvalue weighted by molar-refractivity contribution is 7.92. The number of rotatable bonds is 9. The number of anilines is 1. The van der Waals surface area contributed by atoms with E-state index in [4.69, 9.17) is 0 Å². The van der Waals surface area contributed by atoms with E-state index in [0.717, 1.165) is 37.7 Å². The van der Waals surface area contributed by atoms with Crippen molar-refractivity contribution < 1.29 is 13.2 Å². The van der Waals surface area contributed by atoms with Gasteiger partial charge in [0.2, 0.25) is 15.9 Å². The van der Waals surface area contributed by atoms with Gasteiger partial charge in [-0.05, 0) is 55.9 Å². The Labute approximate surface area is 167 Å². The lowest BCUT2D eigenvalue weighted by atomic mass is 9.64. The monoisotopic (exact) mass is 400 g/mol. The number of aryl methyl sites for hydroxylation is 1. The molecular formula is C22H28N2O3S. The number of benzene rings is 2. The summed E-state index contributed by atoms with van der Waals surface area (Å²) < 4.78 is 25.9. The van der Waals surface area contributed by atoms with Crippen LogP contribution in [0.1, 0.15) is 43.7 Å². The number of amides is 1. The minimum atomic E-state index is -3.30. The van der Waals surface area contributed by atoms with E-state index < -0.39 is 15.4 Å². The van der Waals surface area contributed by atoms with Crippen molar-refractivity contribution in [3.05, 3.63) is 65.7 Å². The molecule has 150 valence electrons. The first-order valence-corrected chi connectivity index (χ1v) is 11.5. The van der Waals surface area contributed by atoms with E-state index in [1.807, 2.05) is 30.3 Å². The molecule has 2 aromatic carbocycles. The Morgan fingerprint density at radius 1 is 1.04 bits per heavy atom. The average Bonchev–Trinajstić information content (AvgIpc) is 2.66. The Balaban J connectivity index is 1.58. The van der Waals surface area contributed by atoms with Crippen LogP contribution in [0.25, 0.3) is 0 Å². The van der Waals surface area contributed by atoms with Crippen molar-refractivity contribution in [2.24, 2.45) is 0 Å². The normalized spacial score (nSPS) is 15.5. The zero-order valence-corrected chi connectivity index (χ0v) is 17.1. The van der Waals surface area contributed by atoms with Crippen molar-refractivity contribution in [1.82, 2.24) is 5.32 Å². The summed E-state index contributed by atoms with van der Waals surface area (Å²) in [5.74, 6) is 0.109. The van der Waals surface area contributed by atoms with Gasteiger partial charge in [0.25, 0.3) is 0 Å². The first kappa shape index (κ1) is 20.4. The summed E-state index contributed by atoms with van der Waals surface area (Å²) in [5.41, 5.74) is 2.29. The minimum absolute atomic E-state index is 0.0318. The maximum absolute atomic E-state index is 12.9. The fourth-order valence-electron chi connectivity index (χ4n) is 3.59. The molecule has 6 heteroatoms. The highest BCUT2D eigenvalue weighted by atomic mass is 32.2. The molecule has 0 heterocycles. The first-order chi connectivity index (χ1) is 13.5. The Bertz CT molecular complexity index is 889. The van der Waals surface area contributed by atoms with Gasteiger partial charge >= 0.3 is 0 Å². The molecule has 0 unspecified atom stereocenters. The lowest BCUT2D eigenvalue weighted by Crippen LogP contribution is -2.49. The molecule has 1 fully saturated rings. The van der Waals surface area contributed by atoms with Gasteiger partial charge in [0.1, 0.15) is 0 Å². The van der Waals surface area contributed by atoms with E-state index in [2.05, 4.69) is 22.2 Å². The molecule has 3 rings (SSSR count). The lowest BCUT2D eigenvalue weighted by molar-refractivity contribution is -0.129. The van der Waals surface area contributed by atoms with Gasteiger partial charge in [0.05, 0.1) is 11.2 Å². The van der Waals surface area contributed by atoms with Gasteiger partial charge in [-0.25, -0.2) is 8.42 Å². The fraction of sp³-hybridized carbons (Fsp3) is 0.409. The molecule has 0 atom stereocenters. The second-order valence-electron chi connectivity index (χ2n) is 7.36. The van der Waals surface area contributed by atoms with Crippen LogP contribution < -0.4 is 10.0 Å². The van der Waals surface area contributed by atoms with Crippen LogP contribution in [0.2, 0.25) is 0 Å². The summed E-state index contributed by atoms with van der Waals surface area (Å²) in [5, 5.41) is 3.11. The summed E-state index contributed by atoms with van der Waals surface area (Å²) in [6, 6.07) is 17.5. The van der Waals surface area contributed by atoms with Gasteiger partial charge in [-0.15, -0.1) is 0 Å². The predicted molar refractivity (Wildman–Crippen MR) is 113 cm³/mol. The van der Waals surface area contributed by atoms with Crippen LogP contribution in [0.5, 0.6) is 0 Å². The number of carbonyl (C=O) groups excluding carboxylic acids is 1. The van der Waals surface area contributed by atoms with Crippen LogP contribution in [-0.2, 0) is 26.7 Å². The maximum Gasteiger partial charge on any atom is 0.232 e. The molecule has 1 saturated carbocycles. The zero-order valence-electron chi connectivity index (χ0n) is 16.3. The summed E-state index contributed by atoms with van der Waals surface area (Å²) in [6.07, 6.45) is 4.54. The van der Waals surface area contributed by atoms with E-state index in [9.17, 15) is 13.2 Å². The van der Waals surface area contributed by atoms with Crippen molar-refractivity contribution >= 4 is 21.6 Å². The van der Waals surface area contributed by atoms with Crippen molar-refractivity contribution in [2.45, 2.75) is 44.4 Å². The predicted octanol–water partition coefficient (Wildman–Crippen LogP) is 3.62. The SMILES string of the molecule is CCS(=O)(=O)Nc1ccc(C2(C(=O)NCCCc3ccccc3)CCC2)cc1. The number of sulfonamides is 1. The van der Waals surface area contributed by atoms with Gasteiger partial charge in [0.15, 0.2) is 0 Å². The molecule has 1 amide bonds. The molecule has 1 aliphatic rings. The fourth-order valence-corrected chi connectivity index (χ4v) is 4.23. The summed E-state index contributed by atoms with van der Waals surface area (Å²) >= 11 is 0. The molecule has 0 spiro atoms. The van der Waals surface area contributed by atoms with Gasteiger partial charge in [-0.1, -0.05) is 48.9 Å². The number of carbonyl (C=O) groups is 1. The maximum atomic E-state index is 12.9. The van der Waals surface area contributed by atoms with Gasteiger partial charge in [-0.2, -0.15) is 0 Å². The third-order valence-corrected chi connectivity index (χ3v) is 6.81. The largest absolute Gasteiger partial charge is 0.355 e. The van der Waals surface area contributed by atoms with Crippen LogP contribution >= 0.6 is 0 Å². The summed E-state index contributed by atoms with van der Waals surface area (Å²) in [7, 11) is -3.30. The number of hydrogen-bond acceptors (Lipinski definition) is 3. The zero-order chi connectivity index (χ0) is 20.0. The highest BCUT2D eigenvalue weighted by Gasteiger charge is 2.45. The minimum Gasteiger partial charge on any atom is -0.355 e. The summed E-state index contributed by atoms with van der Waals surface area (Å²) in [6.45, 7) is 2.26. The third kappa shape index (κ3) is 4.73. The van der Waals surface area contributed by atoms with Crippen molar-refractivity contribution in [2.75, 3.05) is 17.0 Å². The molecule has 5 nitrogen and oxygen atoms in total. The van der Waals surface area contributed by atoms with E-state index >= 15 is 0 Å². The van der Waals surface area contributed by atoms with Crippen molar-refractivity contribution in [3.63, 3.8) is 0 Å². The molecule has 0 aromatic heterocycles. The Morgan fingerprint density at radius 2 is 1.71 bits per heavy atom. The molecular weight excluding hydrogens is 372 g/mol. The molecule has 0 saturated heterocycles. The van der Waals surface area contributed by atoms with Gasteiger partial charge in [-0.3, -0.25) is 9.52 Å². The molecule has 1 aliphatic carbocycles. The second-order valence-corrected chi connectivity index (χ2v) is 9.37. The average molecular weight is 401 g/mol. The van der Waals surface area contributed by atoms with Crippen LogP contribution in [0, 0.1) is 0 Å². The second kappa shape index (κ2) is 8.78. The van der Waals surface area contributed by atoms with Gasteiger partial charge in [0, 0.05) is 12.2 Å². The van der Waals surface area contributed by atoms with Crippen molar-refractivity contribution in [1.29, 1.82) is 0 Å². The van der Waals surface area contributed by atoms with E-state index in [1.165, 1.54) is 5.56 Å². The third-order valence-electron chi connectivity index (χ3n) is 5.50. The molecule has 0 aliphatic heterocycles. The van der Waals surface area contributed by atoms with Crippen molar-refractivity contribution in [3.8, 4) is 0 Å². The van der Waals surface area contributed by atoms with Crippen LogP contribution in [-0.4, -0.2) is 26.6 Å². The summed E-state index contributed by atoms with van der Waals surface area (Å²) in [4.78, 5) is 12.9. The topological polar surface area (TPSA) is 75.3 Å². The smallest absolute Gasteiger partial charge is 0.232 e. The lowest BCUT2D eigenvalue weighted by Gasteiger charge is -2.40. The molecule has 2 aromatic rings. The Hall–Kier alpha value is -2.34. The number of hydrogen-bond donors (Lipinski definition) is 2. The Kier molecular flexibility index (Phi) is 6.39. The van der Waals surface area contributed by atoms with Crippen LogP contribution in [0.3, 0.4) is 0 Å². The standard InChI is InChI=1S/C22H28N2O3S/c1-2-28(26,27)24-20-13-11-19(12-14-20)22(15-7-16-22)21(25)23-17-6-10-18-8-4-3-5-9-18/h3-5,8-9,11-14,24H,2,6-7,10,15-17H2,1H3,(H,23,25). The van der Waals surface area contributed by atoms with E-state index in [0.29, 0.717) is 12.2 Å². The van der Waals surface area contributed by atoms with Crippen LogP contribution in [0.15, 0.2) is 54.6 Å². The molecule has 0 radical (unpaired) electrons. The molecule has 28 heavy (non-hydrogen) atoms. The Morgan fingerprint density at radius 3 is 2.29 bits per heavy atom. The molecule has 0 bridgehead atoms. The highest BCUT2D eigenvalue weighted by Crippen LogP contribution is 2.44. The van der Waals surface area contributed by atoms with E-state index in [1.54, 1.807) is 19.1 Å². The van der Waals surface area contributed by atoms with Crippen LogP contribution in [0.4, 0.5) is 5.69 Å². The quantitative estimate of drug-likeness (QED) is 0.631. The van der Waals surface area contributed by atoms with Gasteiger partial charge < -0.3 is 5.32 Å².